The van der Waals surface area contributed by atoms with Gasteiger partial charge in [-0.2, -0.15) is 4.57 Å². The molecule has 1 fully saturated rings. The normalized spacial score (nSPS) is 13.3. The van der Waals surface area contributed by atoms with Crippen molar-refractivity contribution in [3.8, 4) is 0 Å². The standard InChI is InChI=1S/C23H36N2O4.2C2H4O2.2C2H6.C2H4.CH3Cl.CH4/c1-2-3-4-5-6-7-8-9-10-13-22(26)28-18-20-14-15-21(29-20)25-16-11-12-19(17-25)23(24)27;2*1-2(3)4;4*1-2;/h11-12,16-17,20-21H,2-10,13-15,18H2,1H3,(H-,24,27);2*1H3,(H,3,4);2*1-2H3;1-2H2;1H3;1H4/p+1. The number of carbonyl (C=O) groups is 4. The first-order valence-electron chi connectivity index (χ1n) is 15.9. The number of aromatic nitrogens is 1. The zero-order valence-electron chi connectivity index (χ0n) is 29.3. The molecule has 272 valence electrons. The lowest BCUT2D eigenvalue weighted by Gasteiger charge is -2.11. The first-order valence-corrected chi connectivity index (χ1v) is 16.7. The number of hydrogen-bond donors (Lipinski definition) is 3. The number of nitrogens with two attached hydrogens (primary N) is 1. The number of aliphatic carboxylic acids is 2. The average molecular weight is 680 g/mol. The van der Waals surface area contributed by atoms with Crippen LogP contribution in [-0.2, 0) is 23.9 Å². The van der Waals surface area contributed by atoms with Gasteiger partial charge < -0.3 is 25.4 Å². The summed E-state index contributed by atoms with van der Waals surface area (Å²) in [7, 11) is 0. The van der Waals surface area contributed by atoms with Crippen LogP contribution in [0.5, 0.6) is 0 Å². The number of alkyl halides is 1. The molecule has 1 saturated heterocycles. The van der Waals surface area contributed by atoms with Gasteiger partial charge in [0.1, 0.15) is 12.2 Å². The first kappa shape index (κ1) is 55.4. The Bertz CT molecular complexity index is 821. The first-order chi connectivity index (χ1) is 21.6. The van der Waals surface area contributed by atoms with Crippen molar-refractivity contribution < 1.29 is 43.4 Å². The molecule has 2 rings (SSSR count). The largest absolute Gasteiger partial charge is 0.481 e. The summed E-state index contributed by atoms with van der Waals surface area (Å²) in [5.74, 6) is -2.26. The zero-order chi connectivity index (χ0) is 36.1. The number of halogens is 1. The van der Waals surface area contributed by atoms with Crippen molar-refractivity contribution in [2.45, 2.75) is 145 Å². The van der Waals surface area contributed by atoms with Gasteiger partial charge in [0, 0.05) is 39.1 Å². The van der Waals surface area contributed by atoms with Crippen LogP contribution in [0.1, 0.15) is 150 Å². The minimum absolute atomic E-state index is 0. The summed E-state index contributed by atoms with van der Waals surface area (Å²) in [5.41, 5.74) is 5.78. The Hall–Kier alpha value is -2.98. The number of carboxylic acids is 2. The van der Waals surface area contributed by atoms with Crippen LogP contribution in [-0.4, -0.2) is 53.1 Å². The van der Waals surface area contributed by atoms with E-state index in [1.165, 1.54) is 51.3 Å². The van der Waals surface area contributed by atoms with E-state index in [-0.39, 0.29) is 25.7 Å². The van der Waals surface area contributed by atoms with Gasteiger partial charge in [-0.3, -0.25) is 19.2 Å². The molecule has 1 amide bonds. The van der Waals surface area contributed by atoms with Gasteiger partial charge in [0.05, 0.1) is 6.10 Å². The second kappa shape index (κ2) is 44.1. The quantitative estimate of drug-likeness (QED) is 0.0579. The highest BCUT2D eigenvalue weighted by Crippen LogP contribution is 2.24. The minimum Gasteiger partial charge on any atom is -0.481 e. The molecule has 11 heteroatoms. The smallest absolute Gasteiger partial charge is 0.305 e. The average Bonchev–Trinajstić information content (AvgIpc) is 3.52. The third kappa shape index (κ3) is 41.0. The number of pyridine rings is 1. The zero-order valence-corrected chi connectivity index (χ0v) is 30.1. The molecule has 2 atom stereocenters. The molecule has 0 saturated carbocycles. The molecule has 2 unspecified atom stereocenters. The van der Waals surface area contributed by atoms with Crippen LogP contribution in [0.3, 0.4) is 0 Å². The number of unbranched alkanes of at least 4 members (excludes halogenated alkanes) is 8. The van der Waals surface area contributed by atoms with Crippen molar-refractivity contribution in [1.29, 1.82) is 0 Å². The maximum atomic E-state index is 11.9. The minimum atomic E-state index is -0.833. The van der Waals surface area contributed by atoms with Gasteiger partial charge in [0.25, 0.3) is 24.1 Å². The Kier molecular flexibility index (Phi) is 53.2. The molecule has 1 aromatic heterocycles. The highest BCUT2D eigenvalue weighted by atomic mass is 35.5. The van der Waals surface area contributed by atoms with Gasteiger partial charge >= 0.3 is 5.97 Å². The Labute approximate surface area is 285 Å². The molecular weight excluding hydrogens is 612 g/mol. The van der Waals surface area contributed by atoms with Gasteiger partial charge in [0.2, 0.25) is 0 Å². The van der Waals surface area contributed by atoms with E-state index in [1.54, 1.807) is 18.3 Å². The van der Waals surface area contributed by atoms with Gasteiger partial charge in [-0.1, -0.05) is 93.4 Å². The molecule has 0 spiro atoms. The van der Waals surface area contributed by atoms with Crippen LogP contribution in [0.2, 0.25) is 0 Å². The topological polar surface area (TPSA) is 157 Å². The van der Waals surface area contributed by atoms with Crippen LogP contribution >= 0.6 is 11.6 Å². The number of hydrogen-bond acceptors (Lipinski definition) is 6. The Morgan fingerprint density at radius 1 is 0.913 bits per heavy atom. The van der Waals surface area contributed by atoms with Crippen LogP contribution in [0.25, 0.3) is 0 Å². The maximum absolute atomic E-state index is 11.9. The predicted molar refractivity (Wildman–Crippen MR) is 190 cm³/mol. The molecule has 0 radical (unpaired) electrons. The van der Waals surface area contributed by atoms with Crippen molar-refractivity contribution in [2.24, 2.45) is 5.73 Å². The second-order valence-electron chi connectivity index (χ2n) is 8.99. The van der Waals surface area contributed by atoms with Crippen molar-refractivity contribution in [1.82, 2.24) is 0 Å². The summed E-state index contributed by atoms with van der Waals surface area (Å²) in [4.78, 5) is 41.3. The van der Waals surface area contributed by atoms with Crippen LogP contribution in [0.4, 0.5) is 0 Å². The number of carbonyl (C=O) groups excluding carboxylic acids is 2. The predicted octanol–water partition coefficient (Wildman–Crippen LogP) is 8.74. The number of amides is 1. The maximum Gasteiger partial charge on any atom is 0.305 e. The summed E-state index contributed by atoms with van der Waals surface area (Å²) >= 11 is 4.64. The fourth-order valence-electron chi connectivity index (χ4n) is 3.68. The molecule has 46 heavy (non-hydrogen) atoms. The van der Waals surface area contributed by atoms with Crippen molar-refractivity contribution in [2.75, 3.05) is 13.0 Å². The van der Waals surface area contributed by atoms with E-state index >= 15 is 0 Å². The Morgan fingerprint density at radius 3 is 1.78 bits per heavy atom. The van der Waals surface area contributed by atoms with E-state index in [4.69, 9.17) is 35.0 Å². The van der Waals surface area contributed by atoms with E-state index in [9.17, 15) is 9.59 Å². The molecule has 1 aromatic rings. The second-order valence-corrected chi connectivity index (χ2v) is 8.99. The van der Waals surface area contributed by atoms with Crippen LogP contribution in [0, 0.1) is 0 Å². The summed E-state index contributed by atoms with van der Waals surface area (Å²) in [6.45, 7) is 18.7. The fourth-order valence-corrected chi connectivity index (χ4v) is 3.68. The fraction of sp³-hybridized carbons (Fsp3) is 0.686. The molecule has 4 N–H and O–H groups in total. The molecular formula is C35H68ClN2O8+. The molecule has 0 aromatic carbocycles. The molecule has 0 aliphatic carbocycles. The summed E-state index contributed by atoms with van der Waals surface area (Å²) < 4.78 is 13.2. The van der Waals surface area contributed by atoms with Gasteiger partial charge in [-0.05, 0) is 18.9 Å². The molecule has 2 heterocycles. The van der Waals surface area contributed by atoms with E-state index in [2.05, 4.69) is 31.7 Å². The molecule has 1 aliphatic heterocycles. The number of carboxylic acid groups (broad SMARTS) is 2. The molecule has 0 bridgehead atoms. The number of esters is 1. The number of nitrogens with zero attached hydrogens (tertiary/aromatic N) is 1. The van der Waals surface area contributed by atoms with E-state index in [1.807, 2.05) is 38.5 Å². The lowest BCUT2D eigenvalue weighted by Crippen LogP contribution is -2.40. The SMILES string of the molecule is C.C=C.CC.CC.CC(=O)O.CC(=O)O.CCCCCCCCCCCC(=O)OCC1CCC([n+]2cccc(C(N)=O)c2)O1.CCl. The summed E-state index contributed by atoms with van der Waals surface area (Å²) in [6.07, 6.45) is 18.0. The monoisotopic (exact) mass is 679 g/mol. The lowest BCUT2D eigenvalue weighted by atomic mass is 10.1. The highest BCUT2D eigenvalue weighted by Gasteiger charge is 2.32. The Balaban J connectivity index is -0.000000200. The third-order valence-corrected chi connectivity index (χ3v) is 5.44. The van der Waals surface area contributed by atoms with E-state index in [0.29, 0.717) is 18.6 Å². The molecule has 10 nitrogen and oxygen atoms in total. The van der Waals surface area contributed by atoms with Gasteiger partial charge in [-0.15, -0.1) is 24.8 Å². The number of rotatable bonds is 14. The van der Waals surface area contributed by atoms with Gasteiger partial charge in [0.15, 0.2) is 12.4 Å². The Morgan fingerprint density at radius 2 is 1.35 bits per heavy atom. The van der Waals surface area contributed by atoms with E-state index in [0.717, 1.165) is 39.5 Å². The van der Waals surface area contributed by atoms with Crippen molar-refractivity contribution in [3.63, 3.8) is 0 Å². The summed E-state index contributed by atoms with van der Waals surface area (Å²) in [6, 6.07) is 3.46. The molecule has 1 aliphatic rings. The van der Waals surface area contributed by atoms with Gasteiger partial charge in [-0.25, -0.2) is 0 Å². The highest BCUT2D eigenvalue weighted by molar-refractivity contribution is 6.15. The summed E-state index contributed by atoms with van der Waals surface area (Å²) in [5, 5.41) is 14.8. The van der Waals surface area contributed by atoms with Crippen molar-refractivity contribution >= 4 is 35.4 Å². The number of primary amides is 1. The van der Waals surface area contributed by atoms with E-state index < -0.39 is 17.8 Å². The number of ether oxygens (including phenoxy) is 2. The van der Waals surface area contributed by atoms with Crippen LogP contribution < -0.4 is 10.3 Å². The van der Waals surface area contributed by atoms with Crippen LogP contribution in [0.15, 0.2) is 37.7 Å². The van der Waals surface area contributed by atoms with Crippen molar-refractivity contribution in [3.05, 3.63) is 43.2 Å². The lowest BCUT2D eigenvalue weighted by molar-refractivity contribution is -0.759. The third-order valence-electron chi connectivity index (χ3n) is 5.44.